The van der Waals surface area contributed by atoms with Gasteiger partial charge in [-0.3, -0.25) is 4.79 Å². The van der Waals surface area contributed by atoms with Crippen LogP contribution >= 0.6 is 0 Å². The molecule has 1 atom stereocenters. The molecule has 0 fully saturated rings. The molecular weight excluding hydrogens is 599 g/mol. The molecule has 250 valence electrons. The lowest BCUT2D eigenvalue weighted by Gasteiger charge is -2.37. The predicted octanol–water partition coefficient (Wildman–Crippen LogP) is 9.80. The molecular formula is C36H50F3NO4S. The first kappa shape index (κ1) is 39.7. The summed E-state index contributed by atoms with van der Waals surface area (Å²) < 4.78 is 68.2. The fraction of sp³-hybridized carbons (Fsp3) is 0.472. The van der Waals surface area contributed by atoms with E-state index < -0.39 is 21.0 Å². The Labute approximate surface area is 268 Å². The van der Waals surface area contributed by atoms with E-state index in [9.17, 15) is 26.4 Å². The van der Waals surface area contributed by atoms with Crippen LogP contribution in [0, 0.1) is 6.92 Å². The molecule has 3 rings (SSSR count). The van der Waals surface area contributed by atoms with Crippen LogP contribution in [-0.4, -0.2) is 33.8 Å². The number of aryl methyl sites for hydroxylation is 1. The van der Waals surface area contributed by atoms with Crippen LogP contribution in [0.3, 0.4) is 0 Å². The highest BCUT2D eigenvalue weighted by Gasteiger charge is 2.49. The average molecular weight is 650 g/mol. The van der Waals surface area contributed by atoms with E-state index in [0.29, 0.717) is 36.0 Å². The van der Waals surface area contributed by atoms with Crippen molar-refractivity contribution >= 4 is 21.6 Å². The standard InChI is InChI=1S/C32H38F3NO4S.2C2H6/c1-8-13-29(37)25-14-11-12-15-27(25)31(5,26-17-16-22(36(6)7)20-21(26)4)28-18-19-30(24(10-3)23(28)9-2)40-41(38,39)32(33,34)35;2*1-2/h11-12,14-20H,8-10,13H2,1-7H3;2*1-2H3. The number of Topliss-reactive ketones (excluding diaryl/α,β-unsaturated/α-hetero) is 1. The molecule has 0 amide bonds. The van der Waals surface area contributed by atoms with E-state index in [1.807, 2.05) is 111 Å². The van der Waals surface area contributed by atoms with Gasteiger partial charge < -0.3 is 9.08 Å². The number of carbonyl (C=O) groups is 1. The molecule has 0 saturated heterocycles. The topological polar surface area (TPSA) is 63.7 Å². The second kappa shape index (κ2) is 16.8. The average Bonchev–Trinajstić information content (AvgIpc) is 3.01. The van der Waals surface area contributed by atoms with Crippen LogP contribution in [-0.2, 0) is 28.4 Å². The fourth-order valence-electron chi connectivity index (χ4n) is 5.62. The van der Waals surface area contributed by atoms with Crippen LogP contribution in [0.5, 0.6) is 5.75 Å². The summed E-state index contributed by atoms with van der Waals surface area (Å²) in [5, 5.41) is 0. The van der Waals surface area contributed by atoms with E-state index in [2.05, 4.69) is 10.2 Å². The Morgan fingerprint density at radius 2 is 1.38 bits per heavy atom. The van der Waals surface area contributed by atoms with Gasteiger partial charge in [0.15, 0.2) is 5.78 Å². The van der Waals surface area contributed by atoms with E-state index >= 15 is 0 Å². The van der Waals surface area contributed by atoms with Gasteiger partial charge in [-0.2, -0.15) is 21.6 Å². The van der Waals surface area contributed by atoms with Gasteiger partial charge in [-0.25, -0.2) is 0 Å². The van der Waals surface area contributed by atoms with Crippen LogP contribution in [0.1, 0.15) is 112 Å². The minimum atomic E-state index is -5.85. The Kier molecular flexibility index (Phi) is 14.8. The third kappa shape index (κ3) is 8.48. The lowest BCUT2D eigenvalue weighted by Crippen LogP contribution is -2.31. The number of nitrogens with zero attached hydrogens (tertiary/aromatic N) is 1. The van der Waals surface area contributed by atoms with E-state index in [1.54, 1.807) is 13.0 Å². The summed E-state index contributed by atoms with van der Waals surface area (Å²) >= 11 is 0. The minimum Gasteiger partial charge on any atom is -0.378 e. The summed E-state index contributed by atoms with van der Waals surface area (Å²) in [5.74, 6) is -0.343. The summed E-state index contributed by atoms with van der Waals surface area (Å²) in [5.41, 5.74) is -0.401. The molecule has 0 N–H and O–H groups in total. The van der Waals surface area contributed by atoms with E-state index in [1.165, 1.54) is 6.07 Å². The van der Waals surface area contributed by atoms with Crippen LogP contribution in [0.25, 0.3) is 0 Å². The zero-order valence-corrected chi connectivity index (χ0v) is 29.5. The molecule has 0 aromatic heterocycles. The van der Waals surface area contributed by atoms with Gasteiger partial charge in [0.1, 0.15) is 5.75 Å². The Morgan fingerprint density at radius 3 is 1.87 bits per heavy atom. The van der Waals surface area contributed by atoms with Crippen molar-refractivity contribution < 1.29 is 30.6 Å². The third-order valence-electron chi connectivity index (χ3n) is 7.63. The molecule has 5 nitrogen and oxygen atoms in total. The van der Waals surface area contributed by atoms with Crippen molar-refractivity contribution in [3.8, 4) is 5.75 Å². The Bertz CT molecular complexity index is 1530. The monoisotopic (exact) mass is 649 g/mol. The summed E-state index contributed by atoms with van der Waals surface area (Å²) in [6.07, 6.45) is 1.69. The molecule has 9 heteroatoms. The van der Waals surface area contributed by atoms with Gasteiger partial charge >= 0.3 is 15.6 Å². The number of anilines is 1. The van der Waals surface area contributed by atoms with Crippen molar-refractivity contribution in [1.82, 2.24) is 0 Å². The number of hydrogen-bond donors (Lipinski definition) is 0. The minimum absolute atomic E-state index is 0.00174. The lowest BCUT2D eigenvalue weighted by atomic mass is 9.65. The van der Waals surface area contributed by atoms with Gasteiger partial charge in [0.2, 0.25) is 0 Å². The maximum absolute atomic E-state index is 13.4. The molecule has 0 aliphatic rings. The maximum atomic E-state index is 13.4. The van der Waals surface area contributed by atoms with Crippen molar-refractivity contribution in [1.29, 1.82) is 0 Å². The second-order valence-corrected chi connectivity index (χ2v) is 12.0. The van der Waals surface area contributed by atoms with Crippen molar-refractivity contribution in [2.45, 2.75) is 98.9 Å². The highest BCUT2D eigenvalue weighted by atomic mass is 32.2. The zero-order valence-electron chi connectivity index (χ0n) is 28.6. The van der Waals surface area contributed by atoms with E-state index in [0.717, 1.165) is 27.9 Å². The van der Waals surface area contributed by atoms with Gasteiger partial charge in [-0.1, -0.05) is 84.9 Å². The Balaban J connectivity index is 0.00000243. The smallest absolute Gasteiger partial charge is 0.378 e. The number of carbonyl (C=O) groups excluding carboxylic acids is 1. The summed E-state index contributed by atoms with van der Waals surface area (Å²) in [6.45, 7) is 17.6. The van der Waals surface area contributed by atoms with Gasteiger partial charge in [0.05, 0.1) is 0 Å². The molecule has 3 aromatic rings. The number of hydrogen-bond acceptors (Lipinski definition) is 5. The number of rotatable bonds is 11. The van der Waals surface area contributed by atoms with Crippen LogP contribution in [0.2, 0.25) is 0 Å². The molecule has 45 heavy (non-hydrogen) atoms. The van der Waals surface area contributed by atoms with Gasteiger partial charge in [-0.15, -0.1) is 0 Å². The summed E-state index contributed by atoms with van der Waals surface area (Å²) in [6, 6.07) is 16.5. The first-order valence-electron chi connectivity index (χ1n) is 15.7. The molecule has 0 aliphatic heterocycles. The molecule has 0 spiro atoms. The van der Waals surface area contributed by atoms with Crippen LogP contribution in [0.4, 0.5) is 18.9 Å². The third-order valence-corrected chi connectivity index (χ3v) is 8.59. The SMILES string of the molecule is CC.CC.CCCC(=O)c1ccccc1C(C)(c1ccc(N(C)C)cc1C)c1ccc(OS(=O)(=O)C(F)(F)F)c(CC)c1CC. The quantitative estimate of drug-likeness (QED) is 0.0896. The van der Waals surface area contributed by atoms with Crippen molar-refractivity contribution in [3.63, 3.8) is 0 Å². The van der Waals surface area contributed by atoms with Crippen LogP contribution in [0.15, 0.2) is 54.6 Å². The molecule has 0 aliphatic carbocycles. The van der Waals surface area contributed by atoms with Crippen molar-refractivity contribution in [2.24, 2.45) is 0 Å². The predicted molar refractivity (Wildman–Crippen MR) is 180 cm³/mol. The van der Waals surface area contributed by atoms with E-state index in [4.69, 9.17) is 0 Å². The van der Waals surface area contributed by atoms with Gasteiger partial charge in [0, 0.05) is 37.2 Å². The number of halogens is 3. The highest BCUT2D eigenvalue weighted by molar-refractivity contribution is 7.88. The summed E-state index contributed by atoms with van der Waals surface area (Å²) in [4.78, 5) is 15.4. The molecule has 1 unspecified atom stereocenters. The number of ketones is 1. The largest absolute Gasteiger partial charge is 0.534 e. The number of benzene rings is 3. The normalized spacial score (nSPS) is 12.6. The van der Waals surface area contributed by atoms with Crippen molar-refractivity contribution in [2.75, 3.05) is 19.0 Å². The lowest BCUT2D eigenvalue weighted by molar-refractivity contribution is -0.0500. The summed E-state index contributed by atoms with van der Waals surface area (Å²) in [7, 11) is -1.96. The maximum Gasteiger partial charge on any atom is 0.534 e. The Morgan fingerprint density at radius 1 is 0.822 bits per heavy atom. The molecule has 3 aromatic carbocycles. The molecule has 0 saturated carbocycles. The Hall–Kier alpha value is -3.33. The second-order valence-electron chi connectivity index (χ2n) is 10.5. The number of alkyl halides is 3. The first-order valence-corrected chi connectivity index (χ1v) is 17.1. The zero-order chi connectivity index (χ0) is 34.8. The highest BCUT2D eigenvalue weighted by Crippen LogP contribution is 2.46. The molecule has 0 heterocycles. The van der Waals surface area contributed by atoms with Crippen LogP contribution < -0.4 is 9.08 Å². The van der Waals surface area contributed by atoms with Crippen molar-refractivity contribution in [3.05, 3.63) is 93.5 Å². The van der Waals surface area contributed by atoms with Gasteiger partial charge in [-0.05, 0) is 84.7 Å². The molecule has 0 radical (unpaired) electrons. The fourth-order valence-corrected chi connectivity index (χ4v) is 6.11. The molecule has 0 bridgehead atoms. The van der Waals surface area contributed by atoms with E-state index in [-0.39, 0.29) is 18.0 Å². The first-order chi connectivity index (χ1) is 21.1. The van der Waals surface area contributed by atoms with Gasteiger partial charge in [0.25, 0.3) is 0 Å².